The molecule has 0 unspecified atom stereocenters. The highest BCUT2D eigenvalue weighted by atomic mass is 32.2. The van der Waals surface area contributed by atoms with Crippen molar-refractivity contribution in [2.45, 2.75) is 62.0 Å². The second kappa shape index (κ2) is 15.6. The fraction of sp³-hybridized carbons (Fsp3) is 0.297. The number of hydrogen-bond donors (Lipinski definition) is 1. The van der Waals surface area contributed by atoms with E-state index in [1.807, 2.05) is 60.7 Å². The van der Waals surface area contributed by atoms with Gasteiger partial charge in [0, 0.05) is 25.1 Å². The average Bonchev–Trinajstić information content (AvgIpc) is 3.10. The molecule has 1 fully saturated rings. The maximum absolute atomic E-state index is 14.6. The van der Waals surface area contributed by atoms with Crippen molar-refractivity contribution in [1.29, 1.82) is 0 Å². The van der Waals surface area contributed by atoms with Gasteiger partial charge in [-0.05, 0) is 48.2 Å². The summed E-state index contributed by atoms with van der Waals surface area (Å²) in [5, 5.41) is 3.24. The van der Waals surface area contributed by atoms with Crippen molar-refractivity contribution in [2.75, 3.05) is 18.0 Å². The number of nitrogens with zero attached hydrogens (tertiary/aromatic N) is 2. The molecule has 240 valence electrons. The highest BCUT2D eigenvalue weighted by molar-refractivity contribution is 7.92. The van der Waals surface area contributed by atoms with Gasteiger partial charge >= 0.3 is 0 Å². The minimum absolute atomic E-state index is 0.0416. The summed E-state index contributed by atoms with van der Waals surface area (Å²) < 4.78 is 34.8. The molecule has 1 N–H and O–H groups in total. The molecular formula is C37H41N3O5S. The normalized spacial score (nSPS) is 14.2. The summed E-state index contributed by atoms with van der Waals surface area (Å²) >= 11 is 0. The third-order valence-corrected chi connectivity index (χ3v) is 10.2. The number of carbonyl (C=O) groups excluding carboxylic acids is 2. The fourth-order valence-corrected chi connectivity index (χ4v) is 7.32. The first kappa shape index (κ1) is 32.8. The number of carbonyl (C=O) groups is 2. The van der Waals surface area contributed by atoms with Crippen LogP contribution in [0.3, 0.4) is 0 Å². The molecule has 1 saturated carbocycles. The Kier molecular flexibility index (Phi) is 11.1. The Bertz CT molecular complexity index is 1680. The Morgan fingerprint density at radius 1 is 0.804 bits per heavy atom. The van der Waals surface area contributed by atoms with Crippen molar-refractivity contribution in [3.63, 3.8) is 0 Å². The zero-order chi connectivity index (χ0) is 32.4. The van der Waals surface area contributed by atoms with Crippen molar-refractivity contribution in [3.05, 3.63) is 126 Å². The lowest BCUT2D eigenvalue weighted by molar-refractivity contribution is -0.140. The Balaban J connectivity index is 1.55. The topological polar surface area (TPSA) is 96.0 Å². The second-order valence-electron chi connectivity index (χ2n) is 11.6. The molecule has 0 aromatic heterocycles. The Hall–Kier alpha value is -4.63. The highest BCUT2D eigenvalue weighted by Gasteiger charge is 2.35. The van der Waals surface area contributed by atoms with Crippen LogP contribution < -0.4 is 14.4 Å². The van der Waals surface area contributed by atoms with Gasteiger partial charge < -0.3 is 15.0 Å². The molecule has 8 nitrogen and oxygen atoms in total. The van der Waals surface area contributed by atoms with Crippen molar-refractivity contribution in [1.82, 2.24) is 10.2 Å². The number of hydrogen-bond acceptors (Lipinski definition) is 5. The summed E-state index contributed by atoms with van der Waals surface area (Å²) in [7, 11) is -2.68. The molecule has 9 heteroatoms. The molecule has 0 heterocycles. The van der Waals surface area contributed by atoms with Gasteiger partial charge in [-0.1, -0.05) is 104 Å². The van der Waals surface area contributed by atoms with Crippen LogP contribution in [0.5, 0.6) is 5.75 Å². The predicted octanol–water partition coefficient (Wildman–Crippen LogP) is 5.98. The summed E-state index contributed by atoms with van der Waals surface area (Å²) in [6, 6.07) is 32.9. The van der Waals surface area contributed by atoms with Crippen molar-refractivity contribution in [3.8, 4) is 5.75 Å². The first-order valence-electron chi connectivity index (χ1n) is 15.7. The summed E-state index contributed by atoms with van der Waals surface area (Å²) in [6.07, 6.45) is 5.32. The number of rotatable bonds is 13. The number of benzene rings is 4. The zero-order valence-electron chi connectivity index (χ0n) is 26.1. The van der Waals surface area contributed by atoms with Crippen LogP contribution in [0.15, 0.2) is 120 Å². The van der Waals surface area contributed by atoms with Crippen molar-refractivity contribution in [2.24, 2.45) is 0 Å². The standard InChI is InChI=1S/C37H41N3O5S/c1-45-33-22-14-21-32(26-33)40(46(43,44)34-23-12-5-13-24-34)28-36(41)39(27-30-17-8-3-9-18-30)35(25-29-15-6-2-7-16-29)37(42)38-31-19-10-4-11-20-31/h2-3,5-9,12-18,21-24,26,31,35H,4,10-11,19-20,25,27-28H2,1H3,(H,38,42)/t35-/m1/s1. The monoisotopic (exact) mass is 639 g/mol. The van der Waals surface area contributed by atoms with E-state index >= 15 is 0 Å². The maximum Gasteiger partial charge on any atom is 0.264 e. The number of amides is 2. The van der Waals surface area contributed by atoms with Crippen LogP contribution in [0, 0.1) is 0 Å². The number of anilines is 1. The SMILES string of the molecule is COc1cccc(N(CC(=O)N(Cc2ccccc2)[C@H](Cc2ccccc2)C(=O)NC2CCCCC2)S(=O)(=O)c2ccccc2)c1. The van der Waals surface area contributed by atoms with Crippen LogP contribution in [0.25, 0.3) is 0 Å². The van der Waals surface area contributed by atoms with Crippen LogP contribution in [-0.2, 0) is 32.6 Å². The lowest BCUT2D eigenvalue weighted by Crippen LogP contribution is -2.55. The second-order valence-corrected chi connectivity index (χ2v) is 13.4. The highest BCUT2D eigenvalue weighted by Crippen LogP contribution is 2.28. The van der Waals surface area contributed by atoms with Crippen LogP contribution in [0.4, 0.5) is 5.69 Å². The fourth-order valence-electron chi connectivity index (χ4n) is 5.89. The molecular weight excluding hydrogens is 598 g/mol. The molecule has 1 aliphatic carbocycles. The molecule has 0 radical (unpaired) electrons. The van der Waals surface area contributed by atoms with E-state index in [-0.39, 0.29) is 35.5 Å². The van der Waals surface area contributed by atoms with Crippen molar-refractivity contribution < 1.29 is 22.7 Å². The third kappa shape index (κ3) is 8.34. The molecule has 5 rings (SSSR count). The quantitative estimate of drug-likeness (QED) is 0.194. The van der Waals surface area contributed by atoms with Gasteiger partial charge in [-0.25, -0.2) is 8.42 Å². The molecule has 4 aromatic carbocycles. The molecule has 0 saturated heterocycles. The largest absolute Gasteiger partial charge is 0.497 e. The number of methoxy groups -OCH3 is 1. The lowest BCUT2D eigenvalue weighted by Gasteiger charge is -2.35. The van der Waals surface area contributed by atoms with E-state index in [9.17, 15) is 18.0 Å². The lowest BCUT2D eigenvalue weighted by atomic mass is 9.94. The Morgan fingerprint density at radius 2 is 1.41 bits per heavy atom. The van der Waals surface area contributed by atoms with Gasteiger partial charge in [0.1, 0.15) is 18.3 Å². The van der Waals surface area contributed by atoms with Crippen molar-refractivity contribution >= 4 is 27.5 Å². The van der Waals surface area contributed by atoms with Gasteiger partial charge in [0.15, 0.2) is 0 Å². The van der Waals surface area contributed by atoms with Gasteiger partial charge in [-0.15, -0.1) is 0 Å². The molecule has 1 atom stereocenters. The van der Waals surface area contributed by atoms with E-state index in [4.69, 9.17) is 4.74 Å². The van der Waals surface area contributed by atoms with E-state index in [1.165, 1.54) is 24.1 Å². The molecule has 4 aromatic rings. The molecule has 0 spiro atoms. The van der Waals surface area contributed by atoms with E-state index in [0.717, 1.165) is 47.5 Å². The van der Waals surface area contributed by atoms with Crippen LogP contribution >= 0.6 is 0 Å². The van der Waals surface area contributed by atoms with E-state index in [2.05, 4.69) is 5.32 Å². The van der Waals surface area contributed by atoms with Gasteiger partial charge in [0.2, 0.25) is 11.8 Å². The first-order valence-corrected chi connectivity index (χ1v) is 17.2. The maximum atomic E-state index is 14.6. The summed E-state index contributed by atoms with van der Waals surface area (Å²) in [5.41, 5.74) is 2.01. The van der Waals surface area contributed by atoms with E-state index in [1.54, 1.807) is 42.5 Å². The minimum atomic E-state index is -4.18. The molecule has 46 heavy (non-hydrogen) atoms. The van der Waals surface area contributed by atoms with E-state index in [0.29, 0.717) is 5.75 Å². The zero-order valence-corrected chi connectivity index (χ0v) is 26.9. The first-order chi connectivity index (χ1) is 22.3. The summed E-state index contributed by atoms with van der Waals surface area (Å²) in [5.74, 6) is -0.280. The smallest absolute Gasteiger partial charge is 0.264 e. The molecule has 0 bridgehead atoms. The van der Waals surface area contributed by atoms with E-state index < -0.39 is 28.5 Å². The summed E-state index contributed by atoms with van der Waals surface area (Å²) in [6.45, 7) is -0.383. The number of nitrogens with one attached hydrogen (secondary N) is 1. The van der Waals surface area contributed by atoms with Gasteiger partial charge in [0.25, 0.3) is 10.0 Å². The van der Waals surface area contributed by atoms with Crippen LogP contribution in [0.1, 0.15) is 43.2 Å². The van der Waals surface area contributed by atoms with Crippen LogP contribution in [0.2, 0.25) is 0 Å². The molecule has 0 aliphatic heterocycles. The number of sulfonamides is 1. The minimum Gasteiger partial charge on any atom is -0.497 e. The Morgan fingerprint density at radius 3 is 2.04 bits per heavy atom. The predicted molar refractivity (Wildman–Crippen MR) is 180 cm³/mol. The Labute approximate surface area is 272 Å². The number of ether oxygens (including phenoxy) is 1. The van der Waals surface area contributed by atoms with Gasteiger partial charge in [-0.3, -0.25) is 13.9 Å². The molecule has 2 amide bonds. The van der Waals surface area contributed by atoms with Gasteiger partial charge in [-0.2, -0.15) is 0 Å². The molecule has 1 aliphatic rings. The summed E-state index contributed by atoms with van der Waals surface area (Å²) in [4.78, 5) is 30.3. The van der Waals surface area contributed by atoms with Gasteiger partial charge in [0.05, 0.1) is 17.7 Å². The van der Waals surface area contributed by atoms with Crippen LogP contribution in [-0.4, -0.2) is 50.9 Å². The average molecular weight is 640 g/mol. The third-order valence-electron chi connectivity index (χ3n) is 8.37.